The van der Waals surface area contributed by atoms with Crippen LogP contribution in [0.3, 0.4) is 0 Å². The maximum absolute atomic E-state index is 5.85. The number of nitrogens with two attached hydrogens (primary N) is 1. The van der Waals surface area contributed by atoms with Crippen molar-refractivity contribution in [2.75, 3.05) is 12.4 Å². The van der Waals surface area contributed by atoms with Crippen LogP contribution in [-0.2, 0) is 6.54 Å². The molecule has 4 heteroatoms. The van der Waals surface area contributed by atoms with Crippen LogP contribution in [0.2, 0.25) is 5.02 Å². The van der Waals surface area contributed by atoms with Crippen LogP contribution in [0, 0.1) is 0 Å². The summed E-state index contributed by atoms with van der Waals surface area (Å²) in [5, 5.41) is 0.776. The van der Waals surface area contributed by atoms with Gasteiger partial charge in [-0.3, -0.25) is 0 Å². The lowest BCUT2D eigenvalue weighted by Gasteiger charge is -2.07. The minimum Gasteiger partial charge on any atom is -0.494 e. The fraction of sp³-hybridized carbons (Fsp3) is 0.250. The van der Waals surface area contributed by atoms with Gasteiger partial charge in [-0.25, -0.2) is 0 Å². The number of hydrogen-bond acceptors (Lipinski definition) is 3. The zero-order valence-electron chi connectivity index (χ0n) is 11.2. The molecule has 2 nitrogen and oxygen atoms in total. The van der Waals surface area contributed by atoms with E-state index in [1.807, 2.05) is 60.3 Å². The standard InChI is InChI=1S/C16H18ClNOS/c17-14-4-8-16(9-5-14)20-11-1-10-19-15-6-2-13(12-18)3-7-15/h2-9H,1,10-12,18H2. The van der Waals surface area contributed by atoms with Crippen molar-refractivity contribution in [3.05, 3.63) is 59.1 Å². The van der Waals surface area contributed by atoms with Crippen LogP contribution in [0.5, 0.6) is 5.75 Å². The molecule has 2 aromatic rings. The Hall–Kier alpha value is -1.16. The van der Waals surface area contributed by atoms with Crippen LogP contribution in [-0.4, -0.2) is 12.4 Å². The van der Waals surface area contributed by atoms with Crippen molar-refractivity contribution in [2.24, 2.45) is 5.73 Å². The van der Waals surface area contributed by atoms with Gasteiger partial charge in [-0.2, -0.15) is 0 Å². The molecule has 0 unspecified atom stereocenters. The van der Waals surface area contributed by atoms with E-state index in [1.165, 1.54) is 4.90 Å². The predicted molar refractivity (Wildman–Crippen MR) is 86.6 cm³/mol. The van der Waals surface area contributed by atoms with Crippen molar-refractivity contribution in [1.29, 1.82) is 0 Å². The van der Waals surface area contributed by atoms with Crippen LogP contribution < -0.4 is 10.5 Å². The van der Waals surface area contributed by atoms with Crippen LogP contribution in [0.4, 0.5) is 0 Å². The van der Waals surface area contributed by atoms with Gasteiger partial charge in [0.05, 0.1) is 6.61 Å². The second-order valence-corrected chi connectivity index (χ2v) is 5.96. The smallest absolute Gasteiger partial charge is 0.119 e. The maximum atomic E-state index is 5.85. The van der Waals surface area contributed by atoms with Crippen molar-refractivity contribution in [3.8, 4) is 5.75 Å². The molecule has 0 fully saturated rings. The number of halogens is 1. The van der Waals surface area contributed by atoms with Crippen molar-refractivity contribution < 1.29 is 4.74 Å². The van der Waals surface area contributed by atoms with Gasteiger partial charge in [-0.1, -0.05) is 23.7 Å². The minimum absolute atomic E-state index is 0.567. The summed E-state index contributed by atoms with van der Waals surface area (Å²) in [6, 6.07) is 15.8. The zero-order valence-corrected chi connectivity index (χ0v) is 12.8. The number of thioether (sulfide) groups is 1. The Labute approximate surface area is 129 Å². The highest BCUT2D eigenvalue weighted by Crippen LogP contribution is 2.21. The van der Waals surface area contributed by atoms with E-state index in [1.54, 1.807) is 0 Å². The maximum Gasteiger partial charge on any atom is 0.119 e. The lowest BCUT2D eigenvalue weighted by atomic mass is 10.2. The van der Waals surface area contributed by atoms with Gasteiger partial charge in [0.25, 0.3) is 0 Å². The summed E-state index contributed by atoms with van der Waals surface area (Å²) in [6.07, 6.45) is 1.01. The molecule has 0 heterocycles. The van der Waals surface area contributed by atoms with Gasteiger partial charge < -0.3 is 10.5 Å². The van der Waals surface area contributed by atoms with E-state index in [9.17, 15) is 0 Å². The van der Waals surface area contributed by atoms with Gasteiger partial charge in [-0.05, 0) is 48.4 Å². The van der Waals surface area contributed by atoms with Crippen LogP contribution in [0.25, 0.3) is 0 Å². The first-order valence-electron chi connectivity index (χ1n) is 6.58. The van der Waals surface area contributed by atoms with E-state index in [0.29, 0.717) is 6.54 Å². The van der Waals surface area contributed by atoms with Gasteiger partial charge in [0.2, 0.25) is 0 Å². The Morgan fingerprint density at radius 3 is 2.35 bits per heavy atom. The Morgan fingerprint density at radius 1 is 1.00 bits per heavy atom. The van der Waals surface area contributed by atoms with Crippen LogP contribution in [0.15, 0.2) is 53.4 Å². The average molecular weight is 308 g/mol. The first-order valence-corrected chi connectivity index (χ1v) is 7.94. The molecular weight excluding hydrogens is 290 g/mol. The molecule has 2 aromatic carbocycles. The SMILES string of the molecule is NCc1ccc(OCCCSc2ccc(Cl)cc2)cc1. The summed E-state index contributed by atoms with van der Waals surface area (Å²) in [4.78, 5) is 1.24. The molecule has 0 spiro atoms. The molecule has 0 saturated carbocycles. The third-order valence-corrected chi connectivity index (χ3v) is 4.15. The van der Waals surface area contributed by atoms with Gasteiger partial charge in [0, 0.05) is 22.2 Å². The summed E-state index contributed by atoms with van der Waals surface area (Å²) in [5.41, 5.74) is 6.67. The minimum atomic E-state index is 0.567. The molecule has 0 aliphatic carbocycles. The largest absolute Gasteiger partial charge is 0.494 e. The normalized spacial score (nSPS) is 10.5. The summed E-state index contributed by atoms with van der Waals surface area (Å²) in [5.74, 6) is 1.93. The molecule has 0 aliphatic rings. The van der Waals surface area contributed by atoms with Crippen LogP contribution in [0.1, 0.15) is 12.0 Å². The first kappa shape index (κ1) is 15.2. The number of benzene rings is 2. The highest BCUT2D eigenvalue weighted by Gasteiger charge is 1.97. The second-order valence-electron chi connectivity index (χ2n) is 4.35. The summed E-state index contributed by atoms with van der Waals surface area (Å²) in [7, 11) is 0. The number of rotatable bonds is 7. The molecule has 0 saturated heterocycles. The predicted octanol–water partition coefficient (Wildman–Crippen LogP) is 4.36. The molecule has 0 aromatic heterocycles. The molecule has 106 valence electrons. The molecule has 0 aliphatic heterocycles. The Morgan fingerprint density at radius 2 is 1.70 bits per heavy atom. The van der Waals surface area contributed by atoms with E-state index in [4.69, 9.17) is 22.1 Å². The number of ether oxygens (including phenoxy) is 1. The van der Waals surface area contributed by atoms with E-state index >= 15 is 0 Å². The van der Waals surface area contributed by atoms with Crippen molar-refractivity contribution in [2.45, 2.75) is 17.9 Å². The monoisotopic (exact) mass is 307 g/mol. The molecule has 20 heavy (non-hydrogen) atoms. The van der Waals surface area contributed by atoms with E-state index in [2.05, 4.69) is 0 Å². The zero-order chi connectivity index (χ0) is 14.2. The van der Waals surface area contributed by atoms with Gasteiger partial charge >= 0.3 is 0 Å². The molecule has 0 amide bonds. The highest BCUT2D eigenvalue weighted by atomic mass is 35.5. The third kappa shape index (κ3) is 5.08. The highest BCUT2D eigenvalue weighted by molar-refractivity contribution is 7.99. The molecular formula is C16H18ClNOS. The van der Waals surface area contributed by atoms with E-state index in [-0.39, 0.29) is 0 Å². The lowest BCUT2D eigenvalue weighted by Crippen LogP contribution is -2.00. The molecule has 0 bridgehead atoms. The fourth-order valence-corrected chi connectivity index (χ4v) is 2.64. The van der Waals surface area contributed by atoms with Crippen molar-refractivity contribution >= 4 is 23.4 Å². The molecule has 2 rings (SSSR count). The van der Waals surface area contributed by atoms with Gasteiger partial charge in [0.1, 0.15) is 5.75 Å². The third-order valence-electron chi connectivity index (χ3n) is 2.80. The number of hydrogen-bond donors (Lipinski definition) is 1. The molecule has 0 atom stereocenters. The quantitative estimate of drug-likeness (QED) is 0.610. The Bertz CT molecular complexity index is 513. The molecule has 2 N–H and O–H groups in total. The summed E-state index contributed by atoms with van der Waals surface area (Å²) >= 11 is 7.66. The van der Waals surface area contributed by atoms with E-state index in [0.717, 1.165) is 35.1 Å². The topological polar surface area (TPSA) is 35.2 Å². The first-order chi connectivity index (χ1) is 9.78. The van der Waals surface area contributed by atoms with Gasteiger partial charge in [0.15, 0.2) is 0 Å². The second kappa shape index (κ2) is 8.20. The average Bonchev–Trinajstić information content (AvgIpc) is 2.49. The summed E-state index contributed by atoms with van der Waals surface area (Å²) < 4.78 is 5.69. The Kier molecular flexibility index (Phi) is 6.25. The van der Waals surface area contributed by atoms with Gasteiger partial charge in [-0.15, -0.1) is 11.8 Å². The summed E-state index contributed by atoms with van der Waals surface area (Å²) in [6.45, 7) is 1.29. The lowest BCUT2D eigenvalue weighted by molar-refractivity contribution is 0.318. The Balaban J connectivity index is 1.64. The fourth-order valence-electron chi connectivity index (χ4n) is 1.69. The molecule has 0 radical (unpaired) electrons. The van der Waals surface area contributed by atoms with E-state index < -0.39 is 0 Å². The van der Waals surface area contributed by atoms with Crippen LogP contribution >= 0.6 is 23.4 Å². The van der Waals surface area contributed by atoms with Crippen molar-refractivity contribution in [3.63, 3.8) is 0 Å². The van der Waals surface area contributed by atoms with Crippen molar-refractivity contribution in [1.82, 2.24) is 0 Å².